The quantitative estimate of drug-likeness (QED) is 0.708. The minimum atomic E-state index is -1.64. The molecule has 24 heavy (non-hydrogen) atoms. The molecule has 0 spiro atoms. The number of primary amides is 1. The van der Waals surface area contributed by atoms with Gasteiger partial charge >= 0.3 is 0 Å². The largest absolute Gasteiger partial charge is 0.394 e. The molecule has 0 saturated carbocycles. The molecule has 0 bridgehead atoms. The SMILES string of the molecule is Cn1cc(C(N)=O)cc1C(=O)NC(CO)c1cc(F)c(F)c(F)c1. The third-order valence-corrected chi connectivity index (χ3v) is 3.42. The number of nitrogens with one attached hydrogen (secondary N) is 1. The van der Waals surface area contributed by atoms with Crippen molar-refractivity contribution < 1.29 is 27.9 Å². The molecule has 6 nitrogen and oxygen atoms in total. The summed E-state index contributed by atoms with van der Waals surface area (Å²) in [5, 5.41) is 11.7. The Hall–Kier alpha value is -2.81. The number of nitrogens with two attached hydrogens (primary N) is 1. The first kappa shape index (κ1) is 17.5. The van der Waals surface area contributed by atoms with E-state index in [1.165, 1.54) is 23.9 Å². The average molecular weight is 341 g/mol. The maximum atomic E-state index is 13.3. The lowest BCUT2D eigenvalue weighted by Crippen LogP contribution is -2.32. The fourth-order valence-corrected chi connectivity index (χ4v) is 2.17. The number of aliphatic hydroxyl groups is 1. The Morgan fingerprint density at radius 3 is 2.29 bits per heavy atom. The molecule has 4 N–H and O–H groups in total. The van der Waals surface area contributed by atoms with Crippen LogP contribution in [0.3, 0.4) is 0 Å². The van der Waals surface area contributed by atoms with Gasteiger partial charge in [0, 0.05) is 13.2 Å². The Kier molecular flexibility index (Phi) is 4.93. The number of hydrogen-bond donors (Lipinski definition) is 3. The van der Waals surface area contributed by atoms with Gasteiger partial charge in [-0.05, 0) is 23.8 Å². The second-order valence-electron chi connectivity index (χ2n) is 5.10. The number of benzene rings is 1. The summed E-state index contributed by atoms with van der Waals surface area (Å²) < 4.78 is 40.9. The van der Waals surface area contributed by atoms with E-state index in [-0.39, 0.29) is 16.8 Å². The van der Waals surface area contributed by atoms with Crippen molar-refractivity contribution in [2.75, 3.05) is 6.61 Å². The predicted octanol–water partition coefficient (Wildman–Crippen LogP) is 1.00. The van der Waals surface area contributed by atoms with E-state index in [2.05, 4.69) is 5.32 Å². The molecule has 0 fully saturated rings. The maximum absolute atomic E-state index is 13.3. The van der Waals surface area contributed by atoms with Gasteiger partial charge in [0.05, 0.1) is 18.2 Å². The lowest BCUT2D eigenvalue weighted by molar-refractivity contribution is 0.0907. The number of nitrogens with zero attached hydrogens (tertiary/aromatic N) is 1. The molecule has 2 aromatic rings. The molecule has 1 unspecified atom stereocenters. The monoisotopic (exact) mass is 341 g/mol. The van der Waals surface area contributed by atoms with Crippen LogP contribution in [0.5, 0.6) is 0 Å². The van der Waals surface area contributed by atoms with Crippen molar-refractivity contribution >= 4 is 11.8 Å². The third kappa shape index (κ3) is 3.40. The highest BCUT2D eigenvalue weighted by Crippen LogP contribution is 2.20. The number of carbonyl (C=O) groups excluding carboxylic acids is 2. The summed E-state index contributed by atoms with van der Waals surface area (Å²) in [7, 11) is 1.49. The van der Waals surface area contributed by atoms with Crippen molar-refractivity contribution in [2.45, 2.75) is 6.04 Å². The summed E-state index contributed by atoms with van der Waals surface area (Å²) in [6.07, 6.45) is 1.34. The number of aromatic nitrogens is 1. The molecular formula is C15H14F3N3O3. The highest BCUT2D eigenvalue weighted by atomic mass is 19.2. The Labute approximate surface area is 134 Å². The fraction of sp³-hybridized carbons (Fsp3) is 0.200. The van der Waals surface area contributed by atoms with Crippen molar-refractivity contribution in [3.8, 4) is 0 Å². The lowest BCUT2D eigenvalue weighted by atomic mass is 10.1. The lowest BCUT2D eigenvalue weighted by Gasteiger charge is -2.17. The minimum Gasteiger partial charge on any atom is -0.394 e. The van der Waals surface area contributed by atoms with E-state index in [4.69, 9.17) is 5.73 Å². The van der Waals surface area contributed by atoms with Crippen molar-refractivity contribution in [1.29, 1.82) is 0 Å². The topological polar surface area (TPSA) is 97.4 Å². The Bertz CT molecular complexity index is 781. The van der Waals surface area contributed by atoms with E-state index >= 15 is 0 Å². The molecule has 1 aromatic carbocycles. The van der Waals surface area contributed by atoms with Crippen LogP contribution in [0.25, 0.3) is 0 Å². The van der Waals surface area contributed by atoms with Gasteiger partial charge in [-0.25, -0.2) is 13.2 Å². The fourth-order valence-electron chi connectivity index (χ4n) is 2.17. The minimum absolute atomic E-state index is 0.0466. The van der Waals surface area contributed by atoms with Gasteiger partial charge in [-0.15, -0.1) is 0 Å². The molecular weight excluding hydrogens is 327 g/mol. The van der Waals surface area contributed by atoms with Crippen LogP contribution < -0.4 is 11.1 Å². The van der Waals surface area contributed by atoms with Gasteiger partial charge < -0.3 is 20.7 Å². The Balaban J connectivity index is 2.27. The van der Waals surface area contributed by atoms with Gasteiger partial charge in [-0.1, -0.05) is 0 Å². The maximum Gasteiger partial charge on any atom is 0.268 e. The van der Waals surface area contributed by atoms with Crippen molar-refractivity contribution in [2.24, 2.45) is 12.8 Å². The van der Waals surface area contributed by atoms with Gasteiger partial charge in [0.2, 0.25) is 5.91 Å². The van der Waals surface area contributed by atoms with Crippen LogP contribution in [0.2, 0.25) is 0 Å². The number of aliphatic hydroxyl groups excluding tert-OH is 1. The summed E-state index contributed by atoms with van der Waals surface area (Å²) >= 11 is 0. The predicted molar refractivity (Wildman–Crippen MR) is 77.5 cm³/mol. The molecule has 1 atom stereocenters. The van der Waals surface area contributed by atoms with Crippen LogP contribution in [0.1, 0.15) is 32.5 Å². The highest BCUT2D eigenvalue weighted by molar-refractivity contribution is 5.98. The van der Waals surface area contributed by atoms with Crippen LogP contribution in [0, 0.1) is 17.5 Å². The molecule has 2 rings (SSSR count). The highest BCUT2D eigenvalue weighted by Gasteiger charge is 2.21. The van der Waals surface area contributed by atoms with Crippen molar-refractivity contribution in [3.05, 3.63) is 58.7 Å². The summed E-state index contributed by atoms with van der Waals surface area (Å²) in [6.45, 7) is -0.677. The molecule has 0 radical (unpaired) electrons. The zero-order valence-corrected chi connectivity index (χ0v) is 12.5. The van der Waals surface area contributed by atoms with Crippen LogP contribution in [0.15, 0.2) is 24.4 Å². The molecule has 0 aliphatic rings. The number of rotatable bonds is 5. The van der Waals surface area contributed by atoms with Crippen LogP contribution in [-0.4, -0.2) is 28.1 Å². The standard InChI is InChI=1S/C15H14F3N3O3/c1-21-5-8(14(19)23)4-12(21)15(24)20-11(6-22)7-2-9(16)13(18)10(17)3-7/h2-5,11,22H,6H2,1H3,(H2,19,23)(H,20,24). The molecule has 0 saturated heterocycles. The van der Waals surface area contributed by atoms with E-state index in [0.29, 0.717) is 12.1 Å². The Morgan fingerprint density at radius 2 is 1.83 bits per heavy atom. The van der Waals surface area contributed by atoms with E-state index in [1.807, 2.05) is 0 Å². The first-order valence-electron chi connectivity index (χ1n) is 6.77. The first-order valence-corrected chi connectivity index (χ1v) is 6.77. The Morgan fingerprint density at radius 1 is 1.25 bits per heavy atom. The zero-order valence-electron chi connectivity index (χ0n) is 12.5. The average Bonchev–Trinajstić information content (AvgIpc) is 2.92. The van der Waals surface area contributed by atoms with E-state index in [0.717, 1.165) is 0 Å². The number of halogens is 3. The molecule has 9 heteroatoms. The summed E-state index contributed by atoms with van der Waals surface area (Å²) in [5.41, 5.74) is 5.12. The number of aryl methyl sites for hydroxylation is 1. The van der Waals surface area contributed by atoms with Gasteiger partial charge in [0.15, 0.2) is 17.5 Å². The van der Waals surface area contributed by atoms with Gasteiger partial charge in [0.1, 0.15) is 5.69 Å². The van der Waals surface area contributed by atoms with Gasteiger partial charge in [-0.3, -0.25) is 9.59 Å². The number of amides is 2. The van der Waals surface area contributed by atoms with Crippen LogP contribution in [0.4, 0.5) is 13.2 Å². The summed E-state index contributed by atoms with van der Waals surface area (Å²) in [6, 6.07) is 1.42. The van der Waals surface area contributed by atoms with E-state index in [1.54, 1.807) is 0 Å². The molecule has 0 aliphatic carbocycles. The van der Waals surface area contributed by atoms with E-state index < -0.39 is 41.9 Å². The molecule has 128 valence electrons. The smallest absolute Gasteiger partial charge is 0.268 e. The molecule has 0 aliphatic heterocycles. The molecule has 1 aromatic heterocycles. The van der Waals surface area contributed by atoms with Crippen LogP contribution in [-0.2, 0) is 7.05 Å². The van der Waals surface area contributed by atoms with E-state index in [9.17, 15) is 27.9 Å². The zero-order chi connectivity index (χ0) is 18.0. The summed E-state index contributed by atoms with van der Waals surface area (Å²) in [4.78, 5) is 23.3. The summed E-state index contributed by atoms with van der Waals surface area (Å²) in [5.74, 6) is -5.96. The second-order valence-corrected chi connectivity index (χ2v) is 5.10. The second kappa shape index (κ2) is 6.75. The first-order chi connectivity index (χ1) is 11.2. The normalized spacial score (nSPS) is 12.0. The van der Waals surface area contributed by atoms with Crippen molar-refractivity contribution in [3.63, 3.8) is 0 Å². The third-order valence-electron chi connectivity index (χ3n) is 3.42. The van der Waals surface area contributed by atoms with Gasteiger partial charge in [-0.2, -0.15) is 0 Å². The van der Waals surface area contributed by atoms with Crippen molar-refractivity contribution in [1.82, 2.24) is 9.88 Å². The van der Waals surface area contributed by atoms with Crippen LogP contribution >= 0.6 is 0 Å². The molecule has 1 heterocycles. The number of carbonyl (C=O) groups is 2. The number of hydrogen-bond acceptors (Lipinski definition) is 3. The molecule has 2 amide bonds. The van der Waals surface area contributed by atoms with Gasteiger partial charge in [0.25, 0.3) is 5.91 Å².